The lowest BCUT2D eigenvalue weighted by molar-refractivity contribution is -0.145. The van der Waals surface area contributed by atoms with Crippen LogP contribution in [0.15, 0.2) is 22.3 Å². The van der Waals surface area contributed by atoms with Gasteiger partial charge in [0.1, 0.15) is 0 Å². The summed E-state index contributed by atoms with van der Waals surface area (Å²) in [7, 11) is 0. The third kappa shape index (κ3) is 3.67. The molecule has 0 bridgehead atoms. The highest BCUT2D eigenvalue weighted by Crippen LogP contribution is 2.47. The number of hydrogen-bond donors (Lipinski definition) is 1. The monoisotopic (exact) mass is 322 g/mol. The van der Waals surface area contributed by atoms with Crippen LogP contribution in [-0.4, -0.2) is 23.1 Å². The lowest BCUT2D eigenvalue weighted by atomic mass is 9.65. The van der Waals surface area contributed by atoms with Crippen molar-refractivity contribution in [3.63, 3.8) is 0 Å². The fourth-order valence-electron chi connectivity index (χ4n) is 3.59. The summed E-state index contributed by atoms with van der Waals surface area (Å²) in [6, 6.07) is 0. The molecule has 1 N–H and O–H groups in total. The molecule has 1 rings (SSSR count). The van der Waals surface area contributed by atoms with E-state index in [-0.39, 0.29) is 17.6 Å². The predicted molar refractivity (Wildman–Crippen MR) is 91.1 cm³/mol. The Balaban J connectivity index is 3.40. The van der Waals surface area contributed by atoms with Crippen LogP contribution in [0.3, 0.4) is 0 Å². The van der Waals surface area contributed by atoms with E-state index in [1.807, 2.05) is 48.5 Å². The molecule has 0 aromatic heterocycles. The molecule has 130 valence electrons. The minimum atomic E-state index is -1.04. The molecule has 0 amide bonds. The van der Waals surface area contributed by atoms with Crippen molar-refractivity contribution in [2.75, 3.05) is 0 Å². The molecule has 2 unspecified atom stereocenters. The highest BCUT2D eigenvalue weighted by atomic mass is 16.5. The molecule has 0 spiro atoms. The predicted octanol–water partition coefficient (Wildman–Crippen LogP) is 4.50. The first kappa shape index (κ1) is 19.5. The number of carboxylic acids is 1. The molecule has 0 saturated heterocycles. The molecular weight excluding hydrogens is 292 g/mol. The number of hydrogen-bond acceptors (Lipinski definition) is 3. The van der Waals surface area contributed by atoms with Crippen LogP contribution in [0.2, 0.25) is 0 Å². The molecule has 23 heavy (non-hydrogen) atoms. The summed E-state index contributed by atoms with van der Waals surface area (Å²) in [5.41, 5.74) is 1.99. The van der Waals surface area contributed by atoms with Crippen LogP contribution in [-0.2, 0) is 14.3 Å². The molecule has 0 aromatic rings. The average molecular weight is 322 g/mol. The van der Waals surface area contributed by atoms with Crippen LogP contribution in [0.4, 0.5) is 0 Å². The maximum absolute atomic E-state index is 12.7. The fraction of sp³-hybridized carbons (Fsp3) is 0.684. The Hall–Kier alpha value is -1.58. The quantitative estimate of drug-likeness (QED) is 0.577. The van der Waals surface area contributed by atoms with Gasteiger partial charge in [-0.25, -0.2) is 9.59 Å². The van der Waals surface area contributed by atoms with E-state index in [0.29, 0.717) is 5.57 Å². The number of ether oxygens (including phenoxy) is 1. The maximum atomic E-state index is 12.7. The van der Waals surface area contributed by atoms with Crippen molar-refractivity contribution in [3.05, 3.63) is 22.3 Å². The van der Waals surface area contributed by atoms with E-state index < -0.39 is 17.4 Å². The first-order chi connectivity index (χ1) is 10.6. The highest BCUT2D eigenvalue weighted by Gasteiger charge is 2.43. The van der Waals surface area contributed by atoms with Gasteiger partial charge in [-0.3, -0.25) is 0 Å². The molecule has 4 heteroatoms. The van der Waals surface area contributed by atoms with Crippen LogP contribution < -0.4 is 0 Å². The Labute approximate surface area is 139 Å². The van der Waals surface area contributed by atoms with Crippen LogP contribution in [0.25, 0.3) is 0 Å². The van der Waals surface area contributed by atoms with Crippen molar-refractivity contribution in [1.82, 2.24) is 0 Å². The topological polar surface area (TPSA) is 63.6 Å². The SMILES string of the molecule is CCCC(C)OC(=O)C1=C(C(=O)O)C(C)(C)C(C)=C(CC)C1C. The van der Waals surface area contributed by atoms with E-state index in [9.17, 15) is 14.7 Å². The van der Waals surface area contributed by atoms with E-state index in [4.69, 9.17) is 4.74 Å². The van der Waals surface area contributed by atoms with Crippen molar-refractivity contribution < 1.29 is 19.4 Å². The van der Waals surface area contributed by atoms with Crippen LogP contribution in [0.5, 0.6) is 0 Å². The number of esters is 1. The molecule has 0 heterocycles. The Bertz CT molecular complexity index is 552. The van der Waals surface area contributed by atoms with E-state index in [2.05, 4.69) is 0 Å². The first-order valence-corrected chi connectivity index (χ1v) is 8.48. The van der Waals surface area contributed by atoms with Gasteiger partial charge in [0.2, 0.25) is 0 Å². The second-order valence-corrected chi connectivity index (χ2v) is 6.95. The molecule has 1 aliphatic carbocycles. The molecule has 4 nitrogen and oxygen atoms in total. The summed E-state index contributed by atoms with van der Waals surface area (Å²) >= 11 is 0. The maximum Gasteiger partial charge on any atom is 0.335 e. The largest absolute Gasteiger partial charge is 0.478 e. The second kappa shape index (κ2) is 7.33. The van der Waals surface area contributed by atoms with E-state index in [1.165, 1.54) is 0 Å². The zero-order valence-corrected chi connectivity index (χ0v) is 15.4. The number of carbonyl (C=O) groups is 2. The van der Waals surface area contributed by atoms with E-state index >= 15 is 0 Å². The van der Waals surface area contributed by atoms with E-state index in [0.717, 1.165) is 30.4 Å². The van der Waals surface area contributed by atoms with Crippen molar-refractivity contribution in [2.45, 2.75) is 73.8 Å². The van der Waals surface area contributed by atoms with Gasteiger partial charge >= 0.3 is 11.9 Å². The van der Waals surface area contributed by atoms with Crippen molar-refractivity contribution in [1.29, 1.82) is 0 Å². The molecule has 0 radical (unpaired) electrons. The fourth-order valence-corrected chi connectivity index (χ4v) is 3.59. The Morgan fingerprint density at radius 2 is 1.87 bits per heavy atom. The Kier molecular flexibility index (Phi) is 6.20. The lowest BCUT2D eigenvalue weighted by Gasteiger charge is -2.38. The van der Waals surface area contributed by atoms with Gasteiger partial charge in [0, 0.05) is 11.3 Å². The number of aliphatic carboxylic acids is 1. The minimum absolute atomic E-state index is 0.174. The standard InChI is InChI=1S/C19H30O4/c1-8-10-11(3)23-18(22)15-12(4)14(9-2)13(5)19(6,7)16(15)17(20)21/h11-12H,8-10H2,1-7H3,(H,20,21). The smallest absolute Gasteiger partial charge is 0.335 e. The summed E-state index contributed by atoms with van der Waals surface area (Å²) in [5, 5.41) is 9.74. The van der Waals surface area contributed by atoms with E-state index in [1.54, 1.807) is 0 Å². The number of rotatable bonds is 6. The molecule has 2 atom stereocenters. The number of carboxylic acid groups (broad SMARTS) is 1. The minimum Gasteiger partial charge on any atom is -0.478 e. The molecule has 1 aliphatic rings. The summed E-state index contributed by atoms with van der Waals surface area (Å²) in [6.45, 7) is 13.5. The number of allylic oxidation sites excluding steroid dienone is 2. The van der Waals surface area contributed by atoms with Gasteiger partial charge in [-0.15, -0.1) is 0 Å². The highest BCUT2D eigenvalue weighted by molar-refractivity contribution is 6.02. The molecule has 0 saturated carbocycles. The third-order valence-corrected chi connectivity index (χ3v) is 5.09. The normalized spacial score (nSPS) is 22.1. The van der Waals surface area contributed by atoms with Crippen molar-refractivity contribution >= 4 is 11.9 Å². The number of carbonyl (C=O) groups excluding carboxylic acids is 1. The average Bonchev–Trinajstić information content (AvgIpc) is 2.43. The van der Waals surface area contributed by atoms with Gasteiger partial charge in [0.25, 0.3) is 0 Å². The van der Waals surface area contributed by atoms with Gasteiger partial charge in [0.05, 0.1) is 17.3 Å². The van der Waals surface area contributed by atoms with Crippen LogP contribution in [0, 0.1) is 11.3 Å². The van der Waals surface area contributed by atoms with Gasteiger partial charge in [0.15, 0.2) is 0 Å². The third-order valence-electron chi connectivity index (χ3n) is 5.09. The molecule has 0 aliphatic heterocycles. The van der Waals surface area contributed by atoms with Gasteiger partial charge in [-0.05, 0) is 26.7 Å². The summed E-state index contributed by atoms with van der Waals surface area (Å²) < 4.78 is 5.52. The van der Waals surface area contributed by atoms with Crippen LogP contribution in [0.1, 0.15) is 67.7 Å². The zero-order valence-electron chi connectivity index (χ0n) is 15.4. The summed E-state index contributed by atoms with van der Waals surface area (Å²) in [6.07, 6.45) is 2.28. The lowest BCUT2D eigenvalue weighted by Crippen LogP contribution is -2.35. The zero-order chi connectivity index (χ0) is 17.9. The first-order valence-electron chi connectivity index (χ1n) is 8.48. The summed E-state index contributed by atoms with van der Waals surface area (Å²) in [4.78, 5) is 24.6. The van der Waals surface area contributed by atoms with Crippen LogP contribution >= 0.6 is 0 Å². The van der Waals surface area contributed by atoms with Crippen molar-refractivity contribution in [3.8, 4) is 0 Å². The summed E-state index contributed by atoms with van der Waals surface area (Å²) in [5.74, 6) is -1.74. The Morgan fingerprint density at radius 1 is 1.30 bits per heavy atom. The Morgan fingerprint density at radius 3 is 2.30 bits per heavy atom. The van der Waals surface area contributed by atoms with Crippen molar-refractivity contribution in [2.24, 2.45) is 11.3 Å². The molecular formula is C19H30O4. The second-order valence-electron chi connectivity index (χ2n) is 6.95. The van der Waals surface area contributed by atoms with Gasteiger partial charge in [-0.1, -0.05) is 52.2 Å². The molecule has 0 fully saturated rings. The van der Waals surface area contributed by atoms with Gasteiger partial charge in [-0.2, -0.15) is 0 Å². The van der Waals surface area contributed by atoms with Gasteiger partial charge < -0.3 is 9.84 Å². The molecule has 0 aromatic carbocycles.